The number of hydrogen-bond acceptors (Lipinski definition) is 8. The predicted molar refractivity (Wildman–Crippen MR) is 138 cm³/mol. The number of ether oxygens (including phenoxy) is 1. The van der Waals surface area contributed by atoms with Crippen molar-refractivity contribution in [2.45, 2.75) is 32.6 Å². The van der Waals surface area contributed by atoms with Gasteiger partial charge in [-0.3, -0.25) is 4.79 Å². The van der Waals surface area contributed by atoms with Gasteiger partial charge in [0.15, 0.2) is 10.9 Å². The highest BCUT2D eigenvalue weighted by Gasteiger charge is 2.16. The Balaban J connectivity index is 1.21. The largest absolute Gasteiger partial charge is 0.492 e. The summed E-state index contributed by atoms with van der Waals surface area (Å²) < 4.78 is 21.2. The van der Waals surface area contributed by atoms with Crippen molar-refractivity contribution < 1.29 is 13.9 Å². The van der Waals surface area contributed by atoms with Crippen molar-refractivity contribution in [3.05, 3.63) is 59.2 Å². The number of fused-ring (bicyclic) bond motifs is 1. The Kier molecular flexibility index (Phi) is 7.38. The molecular weight excluding hydrogens is 481 g/mol. The zero-order chi connectivity index (χ0) is 24.9. The van der Waals surface area contributed by atoms with Crippen LogP contribution in [0.25, 0.3) is 5.52 Å². The summed E-state index contributed by atoms with van der Waals surface area (Å²) in [6, 6.07) is 5.81. The number of aromatic nitrogens is 4. The molecular formula is C25H28FN7O2S. The molecule has 0 aliphatic carbocycles. The number of carbonyl (C=O) groups is 1. The van der Waals surface area contributed by atoms with Crippen LogP contribution in [0.15, 0.2) is 43.0 Å². The van der Waals surface area contributed by atoms with Crippen molar-refractivity contribution in [3.8, 4) is 5.75 Å². The Labute approximate surface area is 212 Å². The van der Waals surface area contributed by atoms with Crippen molar-refractivity contribution >= 4 is 39.4 Å². The van der Waals surface area contributed by atoms with Crippen LogP contribution >= 0.6 is 11.3 Å². The van der Waals surface area contributed by atoms with E-state index in [4.69, 9.17) is 4.74 Å². The molecule has 2 N–H and O–H groups in total. The molecule has 9 nitrogen and oxygen atoms in total. The minimum Gasteiger partial charge on any atom is -0.492 e. The number of anilines is 3. The molecule has 5 rings (SSSR count). The van der Waals surface area contributed by atoms with E-state index in [-0.39, 0.29) is 12.3 Å². The summed E-state index contributed by atoms with van der Waals surface area (Å²) in [5.74, 6) is 0.757. The molecule has 4 aromatic rings. The number of aryl methyl sites for hydroxylation is 1. The first-order chi connectivity index (χ1) is 17.5. The summed E-state index contributed by atoms with van der Waals surface area (Å²) in [7, 11) is 0. The lowest BCUT2D eigenvalue weighted by atomic mass is 10.3. The topological polar surface area (TPSA) is 96.7 Å². The van der Waals surface area contributed by atoms with E-state index in [0.717, 1.165) is 34.7 Å². The first kappa shape index (κ1) is 24.1. The second-order valence-corrected chi connectivity index (χ2v) is 9.88. The van der Waals surface area contributed by atoms with Crippen molar-refractivity contribution in [3.63, 3.8) is 0 Å². The van der Waals surface area contributed by atoms with E-state index in [0.29, 0.717) is 23.2 Å². The Morgan fingerprint density at radius 2 is 2.11 bits per heavy atom. The number of carbonyl (C=O) groups excluding carboxylic acids is 1. The van der Waals surface area contributed by atoms with Gasteiger partial charge in [-0.1, -0.05) is 6.07 Å². The number of likely N-dealkylation sites (tertiary alicyclic amines) is 1. The van der Waals surface area contributed by atoms with Gasteiger partial charge in [0.1, 0.15) is 23.4 Å². The summed E-state index contributed by atoms with van der Waals surface area (Å²) >= 11 is 1.36. The number of amides is 1. The van der Waals surface area contributed by atoms with Crippen LogP contribution in [0.5, 0.6) is 5.75 Å². The van der Waals surface area contributed by atoms with Crippen molar-refractivity contribution in [1.82, 2.24) is 24.5 Å². The average Bonchev–Trinajstić information content (AvgIpc) is 3.59. The lowest BCUT2D eigenvalue weighted by Crippen LogP contribution is -2.21. The molecule has 1 aliphatic rings. The summed E-state index contributed by atoms with van der Waals surface area (Å²) in [4.78, 5) is 24.4. The molecule has 0 atom stereocenters. The molecule has 1 fully saturated rings. The maximum absolute atomic E-state index is 13.3. The zero-order valence-corrected chi connectivity index (χ0v) is 20.9. The Bertz CT molecular complexity index is 1350. The minimum absolute atomic E-state index is 0.134. The van der Waals surface area contributed by atoms with Crippen LogP contribution in [0.3, 0.4) is 0 Å². The summed E-state index contributed by atoms with van der Waals surface area (Å²) in [5.41, 5.74) is 2.18. The van der Waals surface area contributed by atoms with E-state index in [1.807, 2.05) is 13.1 Å². The number of benzene rings is 1. The van der Waals surface area contributed by atoms with Gasteiger partial charge in [0.05, 0.1) is 19.2 Å². The molecule has 3 aromatic heterocycles. The summed E-state index contributed by atoms with van der Waals surface area (Å²) in [6.07, 6.45) is 8.70. The van der Waals surface area contributed by atoms with Crippen LogP contribution in [0.4, 0.5) is 21.0 Å². The number of rotatable bonds is 10. The van der Waals surface area contributed by atoms with Gasteiger partial charge in [-0.15, -0.1) is 11.3 Å². The molecule has 4 heterocycles. The molecule has 1 aliphatic heterocycles. The first-order valence-electron chi connectivity index (χ1n) is 12.0. The molecule has 0 unspecified atom stereocenters. The van der Waals surface area contributed by atoms with E-state index in [9.17, 15) is 9.18 Å². The Morgan fingerprint density at radius 3 is 2.94 bits per heavy atom. The Morgan fingerprint density at radius 1 is 1.25 bits per heavy atom. The molecule has 1 amide bonds. The number of hydrogen-bond donors (Lipinski definition) is 2. The van der Waals surface area contributed by atoms with Gasteiger partial charge in [-0.05, 0) is 57.5 Å². The molecule has 188 valence electrons. The SMILES string of the molecule is Cc1c(OCCCN2CCCC2)cn2ncnc(Nc3ncc(CC(=O)Nc4cccc(F)c4)s3)c12. The summed E-state index contributed by atoms with van der Waals surface area (Å²) in [6.45, 7) is 6.08. The van der Waals surface area contributed by atoms with Crippen molar-refractivity contribution in [2.24, 2.45) is 0 Å². The monoisotopic (exact) mass is 509 g/mol. The molecule has 36 heavy (non-hydrogen) atoms. The van der Waals surface area contributed by atoms with Crippen LogP contribution < -0.4 is 15.4 Å². The fourth-order valence-corrected chi connectivity index (χ4v) is 5.14. The highest BCUT2D eigenvalue weighted by molar-refractivity contribution is 7.15. The van der Waals surface area contributed by atoms with Crippen LogP contribution in [-0.2, 0) is 11.2 Å². The number of halogens is 1. The molecule has 11 heteroatoms. The van der Waals surface area contributed by atoms with Crippen molar-refractivity contribution in [1.29, 1.82) is 0 Å². The van der Waals surface area contributed by atoms with Crippen LogP contribution in [0.1, 0.15) is 29.7 Å². The summed E-state index contributed by atoms with van der Waals surface area (Å²) in [5, 5.41) is 10.9. The fourth-order valence-electron chi connectivity index (χ4n) is 4.33. The number of thiazole rings is 1. The highest BCUT2D eigenvalue weighted by atomic mass is 32.1. The van der Waals surface area contributed by atoms with Gasteiger partial charge in [0, 0.05) is 28.9 Å². The molecule has 1 saturated heterocycles. The second kappa shape index (κ2) is 11.0. The second-order valence-electron chi connectivity index (χ2n) is 8.76. The van der Waals surface area contributed by atoms with Crippen LogP contribution in [0, 0.1) is 12.7 Å². The molecule has 0 spiro atoms. The van der Waals surface area contributed by atoms with Gasteiger partial charge in [0.2, 0.25) is 5.91 Å². The third-order valence-electron chi connectivity index (χ3n) is 6.08. The maximum atomic E-state index is 13.3. The van der Waals surface area contributed by atoms with E-state index in [1.54, 1.807) is 22.8 Å². The van der Waals surface area contributed by atoms with Gasteiger partial charge in [0.25, 0.3) is 0 Å². The third kappa shape index (κ3) is 5.80. The zero-order valence-electron chi connectivity index (χ0n) is 20.0. The smallest absolute Gasteiger partial charge is 0.229 e. The quantitative estimate of drug-likeness (QED) is 0.306. The average molecular weight is 510 g/mol. The molecule has 0 saturated carbocycles. The first-order valence-corrected chi connectivity index (χ1v) is 12.8. The lowest BCUT2D eigenvalue weighted by Gasteiger charge is -2.14. The standard InChI is InChI=1S/C25H28FN7O2S/c1-17-21(35-11-5-10-32-8-2-3-9-32)15-33-23(17)24(28-16-29-33)31-25-27-14-20(36-25)13-22(34)30-19-7-4-6-18(26)12-19/h4,6-7,12,14-16H,2-3,5,8-11,13H2,1H3,(H,30,34)(H,27,28,29,31). The molecule has 0 radical (unpaired) electrons. The van der Waals surface area contributed by atoms with Gasteiger partial charge in [-0.25, -0.2) is 18.9 Å². The van der Waals surface area contributed by atoms with E-state index >= 15 is 0 Å². The fraction of sp³-hybridized carbons (Fsp3) is 0.360. The van der Waals surface area contributed by atoms with Gasteiger partial charge >= 0.3 is 0 Å². The highest BCUT2D eigenvalue weighted by Crippen LogP contribution is 2.31. The minimum atomic E-state index is -0.399. The van der Waals surface area contributed by atoms with Crippen LogP contribution in [0.2, 0.25) is 0 Å². The van der Waals surface area contributed by atoms with Gasteiger partial charge < -0.3 is 20.3 Å². The Hall–Kier alpha value is -3.57. The third-order valence-corrected chi connectivity index (χ3v) is 6.99. The maximum Gasteiger partial charge on any atom is 0.229 e. The van der Waals surface area contributed by atoms with Crippen molar-refractivity contribution in [2.75, 3.05) is 36.9 Å². The van der Waals surface area contributed by atoms with E-state index in [2.05, 4.69) is 30.6 Å². The normalized spacial score (nSPS) is 13.8. The molecule has 1 aromatic carbocycles. The van der Waals surface area contributed by atoms with Gasteiger partial charge in [-0.2, -0.15) is 5.10 Å². The lowest BCUT2D eigenvalue weighted by molar-refractivity contribution is -0.115. The number of nitrogens with one attached hydrogen (secondary N) is 2. The predicted octanol–water partition coefficient (Wildman–Crippen LogP) is 4.42. The van der Waals surface area contributed by atoms with E-state index < -0.39 is 5.82 Å². The van der Waals surface area contributed by atoms with Crippen LogP contribution in [-0.4, -0.2) is 56.6 Å². The number of nitrogens with zero attached hydrogens (tertiary/aromatic N) is 5. The molecule has 0 bridgehead atoms. The van der Waals surface area contributed by atoms with E-state index in [1.165, 1.54) is 55.7 Å².